The molecule has 108 valence electrons. The lowest BCUT2D eigenvalue weighted by Crippen LogP contribution is -2.13. The van der Waals surface area contributed by atoms with Gasteiger partial charge >= 0.3 is 0 Å². The van der Waals surface area contributed by atoms with Gasteiger partial charge in [0.05, 0.1) is 5.38 Å². The van der Waals surface area contributed by atoms with Crippen molar-refractivity contribution in [1.29, 1.82) is 0 Å². The monoisotopic (exact) mass is 283 g/mol. The van der Waals surface area contributed by atoms with Gasteiger partial charge in [-0.2, -0.15) is 0 Å². The molecule has 2 unspecified atom stereocenters. The van der Waals surface area contributed by atoms with Gasteiger partial charge in [-0.3, -0.25) is 4.79 Å². The molecule has 0 fully saturated rings. The quantitative estimate of drug-likeness (QED) is 0.390. The number of nitrogens with zero attached hydrogens (tertiary/aromatic N) is 1. The van der Waals surface area contributed by atoms with Gasteiger partial charge in [0, 0.05) is 23.0 Å². The number of halogens is 1. The van der Waals surface area contributed by atoms with Crippen LogP contribution in [-0.4, -0.2) is 15.7 Å². The molecule has 0 aliphatic heterocycles. The number of ketones is 1. The first-order valence-corrected chi connectivity index (χ1v) is 7.70. The fourth-order valence-electron chi connectivity index (χ4n) is 2.74. The molecule has 19 heavy (non-hydrogen) atoms. The van der Waals surface area contributed by atoms with Gasteiger partial charge in [-0.05, 0) is 40.2 Å². The molecule has 0 aliphatic rings. The first-order chi connectivity index (χ1) is 8.90. The molecule has 1 aromatic heterocycles. The highest BCUT2D eigenvalue weighted by molar-refractivity contribution is 6.33. The van der Waals surface area contributed by atoms with Crippen molar-refractivity contribution in [2.75, 3.05) is 0 Å². The molecule has 0 N–H and O–H groups in total. The van der Waals surface area contributed by atoms with Gasteiger partial charge < -0.3 is 4.57 Å². The number of carbonyl (C=O) groups excluding carboxylic acids is 1. The molecule has 2 nitrogen and oxygen atoms in total. The van der Waals surface area contributed by atoms with Crippen molar-refractivity contribution < 1.29 is 4.79 Å². The maximum Gasteiger partial charge on any atom is 0.182 e. The smallest absolute Gasteiger partial charge is 0.182 e. The van der Waals surface area contributed by atoms with Crippen LogP contribution in [0, 0.1) is 13.8 Å². The molecule has 1 heterocycles. The summed E-state index contributed by atoms with van der Waals surface area (Å²) in [4.78, 5) is 12.1. The minimum absolute atomic E-state index is 0.0294. The zero-order chi connectivity index (χ0) is 14.6. The van der Waals surface area contributed by atoms with Gasteiger partial charge in [-0.15, -0.1) is 11.6 Å². The Labute approximate surface area is 122 Å². The molecule has 2 atom stereocenters. The zero-order valence-corrected chi connectivity index (χ0v) is 13.5. The lowest BCUT2D eigenvalue weighted by molar-refractivity contribution is 0.0991. The Bertz CT molecular complexity index is 434. The van der Waals surface area contributed by atoms with Crippen LogP contribution >= 0.6 is 11.6 Å². The number of aryl methyl sites for hydroxylation is 1. The van der Waals surface area contributed by atoms with Gasteiger partial charge in [0.1, 0.15) is 0 Å². The molecule has 0 amide bonds. The van der Waals surface area contributed by atoms with Crippen molar-refractivity contribution in [1.82, 2.24) is 4.57 Å². The molecule has 0 saturated carbocycles. The maximum absolute atomic E-state index is 12.1. The average Bonchev–Trinajstić information content (AvgIpc) is 2.64. The summed E-state index contributed by atoms with van der Waals surface area (Å²) < 4.78 is 2.28. The van der Waals surface area contributed by atoms with Crippen LogP contribution in [-0.2, 0) is 0 Å². The summed E-state index contributed by atoms with van der Waals surface area (Å²) >= 11 is 5.92. The van der Waals surface area contributed by atoms with Crippen LogP contribution in [0.1, 0.15) is 74.2 Å². The van der Waals surface area contributed by atoms with E-state index in [4.69, 9.17) is 11.6 Å². The predicted octanol–water partition coefficient (Wildman–Crippen LogP) is 5.06. The largest absolute Gasteiger partial charge is 0.346 e. The van der Waals surface area contributed by atoms with Crippen LogP contribution in [0.4, 0.5) is 0 Å². The Kier molecular flexibility index (Phi) is 6.12. The van der Waals surface area contributed by atoms with Crippen molar-refractivity contribution in [2.24, 2.45) is 0 Å². The topological polar surface area (TPSA) is 22.0 Å². The Morgan fingerprint density at radius 2 is 1.95 bits per heavy atom. The minimum atomic E-state index is -0.454. The van der Waals surface area contributed by atoms with E-state index in [1.54, 1.807) is 6.92 Å². The Hall–Kier alpha value is -0.760. The van der Waals surface area contributed by atoms with Gasteiger partial charge in [0.2, 0.25) is 0 Å². The minimum Gasteiger partial charge on any atom is -0.346 e. The van der Waals surface area contributed by atoms with E-state index in [0.29, 0.717) is 6.04 Å². The van der Waals surface area contributed by atoms with E-state index in [-0.39, 0.29) is 5.78 Å². The molecule has 0 aliphatic carbocycles. The van der Waals surface area contributed by atoms with Crippen molar-refractivity contribution >= 4 is 17.4 Å². The van der Waals surface area contributed by atoms with Gasteiger partial charge in [-0.25, -0.2) is 0 Å². The maximum atomic E-state index is 12.1. The lowest BCUT2D eigenvalue weighted by Gasteiger charge is -2.18. The lowest BCUT2D eigenvalue weighted by atomic mass is 10.1. The first-order valence-electron chi connectivity index (χ1n) is 7.26. The molecule has 0 bridgehead atoms. The zero-order valence-electron chi connectivity index (χ0n) is 12.8. The summed E-state index contributed by atoms with van der Waals surface area (Å²) in [6, 6.07) is 2.42. The summed E-state index contributed by atoms with van der Waals surface area (Å²) in [5, 5.41) is -0.454. The predicted molar refractivity (Wildman–Crippen MR) is 82.4 cm³/mol. The van der Waals surface area contributed by atoms with Gasteiger partial charge in [0.25, 0.3) is 0 Å². The highest BCUT2D eigenvalue weighted by Crippen LogP contribution is 2.25. The third kappa shape index (κ3) is 3.85. The summed E-state index contributed by atoms with van der Waals surface area (Å²) in [6.45, 7) is 10.3. The van der Waals surface area contributed by atoms with Crippen LogP contribution in [0.25, 0.3) is 0 Å². The number of carbonyl (C=O) groups is 1. The van der Waals surface area contributed by atoms with E-state index in [9.17, 15) is 4.79 Å². The molecular weight excluding hydrogens is 258 g/mol. The molecule has 0 saturated heterocycles. The normalized spacial score (nSPS) is 14.4. The van der Waals surface area contributed by atoms with Crippen LogP contribution < -0.4 is 0 Å². The number of hydrogen-bond donors (Lipinski definition) is 0. The fourth-order valence-corrected chi connectivity index (χ4v) is 2.86. The van der Waals surface area contributed by atoms with Crippen molar-refractivity contribution in [3.8, 4) is 0 Å². The molecule has 3 heteroatoms. The molecule has 1 aromatic rings. The summed E-state index contributed by atoms with van der Waals surface area (Å²) in [5.74, 6) is 0.0294. The van der Waals surface area contributed by atoms with E-state index in [1.165, 1.54) is 19.3 Å². The molecule has 1 rings (SSSR count). The van der Waals surface area contributed by atoms with Crippen LogP contribution in [0.5, 0.6) is 0 Å². The number of unbranched alkanes of at least 4 members (excludes halogenated alkanes) is 2. The van der Waals surface area contributed by atoms with Crippen LogP contribution in [0.2, 0.25) is 0 Å². The molecule has 0 aromatic carbocycles. The summed E-state index contributed by atoms with van der Waals surface area (Å²) in [5.41, 5.74) is 2.99. The van der Waals surface area contributed by atoms with Crippen LogP contribution in [0.15, 0.2) is 6.07 Å². The Balaban J connectivity index is 2.93. The van der Waals surface area contributed by atoms with E-state index in [2.05, 4.69) is 25.3 Å². The van der Waals surface area contributed by atoms with Crippen molar-refractivity contribution in [2.45, 2.75) is 71.7 Å². The molecule has 0 radical (unpaired) electrons. The standard InChI is InChI=1S/C16H26ClNO/c1-6-7-8-9-11(2)18-12(3)10-15(14(18)5)16(19)13(4)17/h10-11,13H,6-9H2,1-5H3. The summed E-state index contributed by atoms with van der Waals surface area (Å²) in [7, 11) is 0. The van der Waals surface area contributed by atoms with E-state index in [0.717, 1.165) is 23.4 Å². The third-order valence-electron chi connectivity index (χ3n) is 3.78. The van der Waals surface area contributed by atoms with Gasteiger partial charge in [-0.1, -0.05) is 26.2 Å². The third-order valence-corrected chi connectivity index (χ3v) is 3.98. The fraction of sp³-hybridized carbons (Fsp3) is 0.688. The number of alkyl halides is 1. The number of rotatable bonds is 7. The second-order valence-electron chi connectivity index (χ2n) is 5.48. The SMILES string of the molecule is CCCCCC(C)n1c(C)cc(C(=O)C(C)Cl)c1C. The first kappa shape index (κ1) is 16.3. The van der Waals surface area contributed by atoms with Crippen molar-refractivity contribution in [3.63, 3.8) is 0 Å². The highest BCUT2D eigenvalue weighted by Gasteiger charge is 2.21. The second kappa shape index (κ2) is 7.14. The highest BCUT2D eigenvalue weighted by atomic mass is 35.5. The Morgan fingerprint density at radius 1 is 1.32 bits per heavy atom. The molecule has 0 spiro atoms. The van der Waals surface area contributed by atoms with Crippen molar-refractivity contribution in [3.05, 3.63) is 23.0 Å². The Morgan fingerprint density at radius 3 is 2.47 bits per heavy atom. The van der Waals surface area contributed by atoms with E-state index in [1.807, 2.05) is 13.0 Å². The number of aromatic nitrogens is 1. The average molecular weight is 284 g/mol. The van der Waals surface area contributed by atoms with E-state index < -0.39 is 5.38 Å². The second-order valence-corrected chi connectivity index (χ2v) is 6.13. The van der Waals surface area contributed by atoms with E-state index >= 15 is 0 Å². The molecular formula is C16H26ClNO. The number of hydrogen-bond acceptors (Lipinski definition) is 1. The summed E-state index contributed by atoms with van der Waals surface area (Å²) in [6.07, 6.45) is 4.91. The van der Waals surface area contributed by atoms with Crippen LogP contribution in [0.3, 0.4) is 0 Å². The number of Topliss-reactive ketones (excluding diaryl/α,β-unsaturated/α-hetero) is 1. The van der Waals surface area contributed by atoms with Gasteiger partial charge in [0.15, 0.2) is 5.78 Å².